The molecule has 2 aromatic carbocycles. The van der Waals surface area contributed by atoms with Crippen molar-refractivity contribution in [1.82, 2.24) is 10.3 Å². The van der Waals surface area contributed by atoms with Gasteiger partial charge in [-0.05, 0) is 23.1 Å². The molecule has 116 valence electrons. The van der Waals surface area contributed by atoms with Crippen LogP contribution >= 0.6 is 15.9 Å². The number of nitrogens with zero attached hydrogens (tertiary/aromatic N) is 1. The van der Waals surface area contributed by atoms with Gasteiger partial charge >= 0.3 is 6.09 Å². The number of ether oxygens (including phenoxy) is 1. The molecule has 3 rings (SSSR count). The Balaban J connectivity index is 1.57. The van der Waals surface area contributed by atoms with E-state index in [1.807, 2.05) is 54.6 Å². The summed E-state index contributed by atoms with van der Waals surface area (Å²) >= 11 is 3.52. The number of nitrogens with one attached hydrogen (secondary N) is 1. The third-order valence-corrected chi connectivity index (χ3v) is 4.09. The molecule has 0 fully saturated rings. The molecule has 5 heteroatoms. The van der Waals surface area contributed by atoms with Crippen molar-refractivity contribution in [2.24, 2.45) is 0 Å². The first kappa shape index (κ1) is 15.5. The Morgan fingerprint density at radius 1 is 1.13 bits per heavy atom. The van der Waals surface area contributed by atoms with E-state index >= 15 is 0 Å². The first-order valence-corrected chi connectivity index (χ1v) is 7.99. The van der Waals surface area contributed by atoms with Gasteiger partial charge in [-0.2, -0.15) is 0 Å². The van der Waals surface area contributed by atoms with Gasteiger partial charge in [0, 0.05) is 16.1 Å². The molecule has 3 aromatic rings. The Morgan fingerprint density at radius 3 is 2.78 bits per heavy atom. The molecule has 4 nitrogen and oxygen atoms in total. The fourth-order valence-corrected chi connectivity index (χ4v) is 2.70. The maximum Gasteiger partial charge on any atom is 0.407 e. The van der Waals surface area contributed by atoms with E-state index in [1.165, 1.54) is 0 Å². The smallest absolute Gasteiger partial charge is 0.407 e. The average molecular weight is 371 g/mol. The number of fused-ring (bicyclic) bond motifs is 1. The molecule has 0 aliphatic carbocycles. The van der Waals surface area contributed by atoms with Gasteiger partial charge in [0.25, 0.3) is 0 Å². The largest absolute Gasteiger partial charge is 0.445 e. The number of pyridine rings is 1. The highest BCUT2D eigenvalue weighted by Crippen LogP contribution is 2.23. The number of benzene rings is 2. The minimum atomic E-state index is -0.456. The maximum atomic E-state index is 11.7. The van der Waals surface area contributed by atoms with Gasteiger partial charge in [-0.15, -0.1) is 0 Å². The summed E-state index contributed by atoms with van der Waals surface area (Å²) in [5.41, 5.74) is 1.73. The van der Waals surface area contributed by atoms with Crippen molar-refractivity contribution in [3.05, 3.63) is 76.5 Å². The number of hydrogen-bond donors (Lipinski definition) is 1. The van der Waals surface area contributed by atoms with Crippen LogP contribution in [0, 0.1) is 0 Å². The highest BCUT2D eigenvalue weighted by Gasteiger charge is 2.05. The van der Waals surface area contributed by atoms with Gasteiger partial charge in [0.15, 0.2) is 0 Å². The summed E-state index contributed by atoms with van der Waals surface area (Å²) in [4.78, 5) is 16.1. The third-order valence-electron chi connectivity index (χ3n) is 3.39. The number of carbonyl (C=O) groups is 1. The zero-order valence-corrected chi connectivity index (χ0v) is 13.9. The van der Waals surface area contributed by atoms with Gasteiger partial charge in [0.1, 0.15) is 6.61 Å². The number of aromatic nitrogens is 1. The number of alkyl carbamates (subject to hydrolysis) is 1. The van der Waals surface area contributed by atoms with Gasteiger partial charge < -0.3 is 10.1 Å². The standard InChI is InChI=1S/C18H15BrN2O2/c19-17-8-4-7-14-10-20-15(9-16(14)17)11-21-18(22)23-12-13-5-2-1-3-6-13/h1-10H,11-12H2,(H,21,22). The van der Waals surface area contributed by atoms with Crippen molar-refractivity contribution in [2.45, 2.75) is 13.2 Å². The summed E-state index contributed by atoms with van der Waals surface area (Å²) in [6, 6.07) is 17.5. The van der Waals surface area contributed by atoms with Crippen LogP contribution in [0.25, 0.3) is 10.8 Å². The molecule has 23 heavy (non-hydrogen) atoms. The Hall–Kier alpha value is -2.40. The molecule has 0 atom stereocenters. The fourth-order valence-electron chi connectivity index (χ4n) is 2.21. The highest BCUT2D eigenvalue weighted by molar-refractivity contribution is 9.10. The van der Waals surface area contributed by atoms with Crippen LogP contribution < -0.4 is 5.32 Å². The summed E-state index contributed by atoms with van der Waals surface area (Å²) < 4.78 is 6.18. The molecule has 1 N–H and O–H groups in total. The van der Waals surface area contributed by atoms with E-state index in [2.05, 4.69) is 26.2 Å². The molecule has 0 saturated carbocycles. The van der Waals surface area contributed by atoms with Gasteiger partial charge in [-0.1, -0.05) is 58.4 Å². The van der Waals surface area contributed by atoms with E-state index in [-0.39, 0.29) is 6.61 Å². The Morgan fingerprint density at radius 2 is 1.96 bits per heavy atom. The normalized spacial score (nSPS) is 10.5. The van der Waals surface area contributed by atoms with Gasteiger partial charge in [-0.3, -0.25) is 4.98 Å². The molecule has 1 amide bonds. The highest BCUT2D eigenvalue weighted by atomic mass is 79.9. The maximum absolute atomic E-state index is 11.7. The van der Waals surface area contributed by atoms with Gasteiger partial charge in [0.05, 0.1) is 12.2 Å². The predicted molar refractivity (Wildman–Crippen MR) is 92.9 cm³/mol. The summed E-state index contributed by atoms with van der Waals surface area (Å²) in [5, 5.41) is 4.83. The lowest BCUT2D eigenvalue weighted by atomic mass is 10.1. The Bertz CT molecular complexity index is 822. The molecule has 0 saturated heterocycles. The van der Waals surface area contributed by atoms with E-state index in [0.717, 1.165) is 26.5 Å². The molecule has 0 unspecified atom stereocenters. The van der Waals surface area contributed by atoms with Crippen LogP contribution in [0.15, 0.2) is 65.3 Å². The monoisotopic (exact) mass is 370 g/mol. The van der Waals surface area contributed by atoms with Crippen LogP contribution in [0.2, 0.25) is 0 Å². The molecular weight excluding hydrogens is 356 g/mol. The van der Waals surface area contributed by atoms with Gasteiger partial charge in [0.2, 0.25) is 0 Å². The van der Waals surface area contributed by atoms with Crippen molar-refractivity contribution in [2.75, 3.05) is 0 Å². The molecule has 0 bridgehead atoms. The lowest BCUT2D eigenvalue weighted by molar-refractivity contribution is 0.139. The molecule has 1 aromatic heterocycles. The predicted octanol–water partition coefficient (Wildman–Crippen LogP) is 4.42. The number of halogens is 1. The van der Waals surface area contributed by atoms with Crippen molar-refractivity contribution in [3.8, 4) is 0 Å². The second-order valence-corrected chi connectivity index (χ2v) is 5.91. The molecule has 0 aliphatic heterocycles. The van der Waals surface area contributed by atoms with Crippen molar-refractivity contribution < 1.29 is 9.53 Å². The molecule has 0 spiro atoms. The zero-order chi connectivity index (χ0) is 16.1. The number of rotatable bonds is 4. The van der Waals surface area contributed by atoms with Crippen LogP contribution in [0.3, 0.4) is 0 Å². The zero-order valence-electron chi connectivity index (χ0n) is 12.3. The van der Waals surface area contributed by atoms with E-state index in [0.29, 0.717) is 6.54 Å². The summed E-state index contributed by atoms with van der Waals surface area (Å²) in [7, 11) is 0. The van der Waals surface area contributed by atoms with Crippen LogP contribution in [-0.2, 0) is 17.9 Å². The van der Waals surface area contributed by atoms with Gasteiger partial charge in [-0.25, -0.2) is 4.79 Å². The number of hydrogen-bond acceptors (Lipinski definition) is 3. The average Bonchev–Trinajstić information content (AvgIpc) is 2.59. The van der Waals surface area contributed by atoms with Crippen LogP contribution in [0.4, 0.5) is 4.79 Å². The first-order chi connectivity index (χ1) is 11.2. The Kier molecular flexibility index (Phi) is 4.88. The minimum absolute atomic E-state index is 0.253. The van der Waals surface area contributed by atoms with E-state index < -0.39 is 6.09 Å². The number of amides is 1. The SMILES string of the molecule is O=C(NCc1cc2c(Br)cccc2cn1)OCc1ccccc1. The lowest BCUT2D eigenvalue weighted by Crippen LogP contribution is -2.24. The molecular formula is C18H15BrN2O2. The van der Waals surface area contributed by atoms with Crippen molar-refractivity contribution in [3.63, 3.8) is 0 Å². The van der Waals surface area contributed by atoms with Crippen molar-refractivity contribution >= 4 is 32.8 Å². The minimum Gasteiger partial charge on any atom is -0.445 e. The second kappa shape index (κ2) is 7.24. The van der Waals surface area contributed by atoms with Crippen LogP contribution in [0.1, 0.15) is 11.3 Å². The van der Waals surface area contributed by atoms with E-state index in [4.69, 9.17) is 4.74 Å². The van der Waals surface area contributed by atoms with E-state index in [9.17, 15) is 4.79 Å². The van der Waals surface area contributed by atoms with Crippen LogP contribution in [0.5, 0.6) is 0 Å². The first-order valence-electron chi connectivity index (χ1n) is 7.20. The topological polar surface area (TPSA) is 51.2 Å². The molecule has 0 aliphatic rings. The van der Waals surface area contributed by atoms with Crippen LogP contribution in [-0.4, -0.2) is 11.1 Å². The second-order valence-electron chi connectivity index (χ2n) is 5.05. The third kappa shape index (κ3) is 4.07. The quantitative estimate of drug-likeness (QED) is 0.739. The summed E-state index contributed by atoms with van der Waals surface area (Å²) in [6.45, 7) is 0.578. The van der Waals surface area contributed by atoms with Crippen molar-refractivity contribution in [1.29, 1.82) is 0 Å². The lowest BCUT2D eigenvalue weighted by Gasteiger charge is -2.08. The van der Waals surface area contributed by atoms with E-state index in [1.54, 1.807) is 6.20 Å². The molecule has 1 heterocycles. The summed E-state index contributed by atoms with van der Waals surface area (Å²) in [6.07, 6.45) is 1.34. The fraction of sp³-hybridized carbons (Fsp3) is 0.111. The summed E-state index contributed by atoms with van der Waals surface area (Å²) in [5.74, 6) is 0. The Labute approximate surface area is 142 Å². The number of carbonyl (C=O) groups excluding carboxylic acids is 1. The molecule has 0 radical (unpaired) electrons.